The first-order valence-corrected chi connectivity index (χ1v) is 6.54. The molecule has 3 aromatic rings. The number of ether oxygens (including phenoxy) is 1. The van der Waals surface area contributed by atoms with Gasteiger partial charge in [0.25, 0.3) is 0 Å². The van der Waals surface area contributed by atoms with E-state index in [9.17, 15) is 0 Å². The summed E-state index contributed by atoms with van der Waals surface area (Å²) in [6, 6.07) is 13.5. The van der Waals surface area contributed by atoms with Crippen LogP contribution in [0.25, 0.3) is 5.69 Å². The summed E-state index contributed by atoms with van der Waals surface area (Å²) in [5.74, 6) is 0.832. The summed E-state index contributed by atoms with van der Waals surface area (Å²) in [4.78, 5) is 8.19. The molecule has 100 valence electrons. The Hall–Kier alpha value is -2.40. The Kier molecular flexibility index (Phi) is 3.60. The van der Waals surface area contributed by atoms with Crippen LogP contribution in [0.1, 0.15) is 5.56 Å². The van der Waals surface area contributed by atoms with E-state index in [0.717, 1.165) is 11.3 Å². The maximum absolute atomic E-state index is 5.77. The van der Waals surface area contributed by atoms with Gasteiger partial charge in [-0.15, -0.1) is 16.7 Å². The number of rotatable bonds is 4. The smallest absolute Gasteiger partial charge is 0.342 e. The van der Waals surface area contributed by atoms with Gasteiger partial charge in [-0.25, -0.2) is 9.67 Å². The molecule has 20 heavy (non-hydrogen) atoms. The van der Waals surface area contributed by atoms with E-state index in [1.165, 1.54) is 0 Å². The van der Waals surface area contributed by atoms with E-state index in [0.29, 0.717) is 11.8 Å². The van der Waals surface area contributed by atoms with E-state index in [1.807, 2.05) is 36.4 Å². The lowest BCUT2D eigenvalue weighted by Gasteiger charge is -2.01. The van der Waals surface area contributed by atoms with Gasteiger partial charge in [0, 0.05) is 18.1 Å². The predicted molar refractivity (Wildman–Crippen MR) is 75.2 cm³/mol. The Morgan fingerprint density at radius 2 is 1.95 bits per heavy atom. The summed E-state index contributed by atoms with van der Waals surface area (Å²) in [5, 5.41) is 4.24. The fourth-order valence-electron chi connectivity index (χ4n) is 1.68. The number of pyridine rings is 1. The monoisotopic (exact) mass is 286 g/mol. The molecule has 0 fully saturated rings. The van der Waals surface area contributed by atoms with Crippen molar-refractivity contribution in [1.82, 2.24) is 19.7 Å². The van der Waals surface area contributed by atoms with E-state index in [4.69, 9.17) is 16.3 Å². The van der Waals surface area contributed by atoms with E-state index < -0.39 is 0 Å². The Balaban J connectivity index is 1.80. The van der Waals surface area contributed by atoms with E-state index >= 15 is 0 Å². The fraction of sp³-hybridized carbons (Fsp3) is 0.0714. The average molecular weight is 287 g/mol. The Bertz CT molecular complexity index is 699. The third kappa shape index (κ3) is 2.78. The zero-order valence-electron chi connectivity index (χ0n) is 10.5. The van der Waals surface area contributed by atoms with Crippen molar-refractivity contribution in [2.24, 2.45) is 0 Å². The second kappa shape index (κ2) is 5.71. The van der Waals surface area contributed by atoms with Gasteiger partial charge in [0.15, 0.2) is 0 Å². The molecule has 5 nitrogen and oxygen atoms in total. The van der Waals surface area contributed by atoms with Crippen LogP contribution in [0.15, 0.2) is 55.0 Å². The maximum atomic E-state index is 5.77. The minimum atomic E-state index is 0.244. The van der Waals surface area contributed by atoms with E-state index in [1.54, 1.807) is 23.3 Å². The van der Waals surface area contributed by atoms with Crippen molar-refractivity contribution in [2.75, 3.05) is 0 Å². The van der Waals surface area contributed by atoms with Crippen LogP contribution in [0.3, 0.4) is 0 Å². The molecular formula is C14H11ClN4O. The minimum Gasteiger partial charge on any atom is -0.404 e. The minimum absolute atomic E-state index is 0.244. The predicted octanol–water partition coefficient (Wildman–Crippen LogP) is 3.19. The summed E-state index contributed by atoms with van der Waals surface area (Å²) in [7, 11) is 0. The van der Waals surface area contributed by atoms with Crippen LogP contribution < -0.4 is 4.74 Å². The molecule has 1 aromatic carbocycles. The Labute approximate surface area is 120 Å². The third-order valence-corrected chi connectivity index (χ3v) is 2.95. The topological polar surface area (TPSA) is 52.8 Å². The van der Waals surface area contributed by atoms with Gasteiger partial charge in [-0.1, -0.05) is 18.2 Å². The number of para-hydroxylation sites is 1. The van der Waals surface area contributed by atoms with Gasteiger partial charge < -0.3 is 4.74 Å². The first kappa shape index (κ1) is 12.6. The molecule has 0 N–H and O–H groups in total. The van der Waals surface area contributed by atoms with Gasteiger partial charge in [0.05, 0.1) is 5.69 Å². The summed E-state index contributed by atoms with van der Waals surface area (Å²) < 4.78 is 7.15. The van der Waals surface area contributed by atoms with Crippen LogP contribution in [0.5, 0.6) is 11.9 Å². The molecule has 0 aliphatic carbocycles. The zero-order chi connectivity index (χ0) is 13.8. The quantitative estimate of drug-likeness (QED) is 0.691. The summed E-state index contributed by atoms with van der Waals surface area (Å²) >= 11 is 5.77. The first-order chi connectivity index (χ1) is 9.85. The van der Waals surface area contributed by atoms with Gasteiger partial charge in [0.2, 0.25) is 5.88 Å². The third-order valence-electron chi connectivity index (χ3n) is 2.64. The first-order valence-electron chi connectivity index (χ1n) is 6.01. The van der Waals surface area contributed by atoms with Crippen molar-refractivity contribution in [2.45, 2.75) is 5.88 Å². The molecule has 0 unspecified atom stereocenters. The molecule has 0 spiro atoms. The molecule has 0 radical (unpaired) electrons. The van der Waals surface area contributed by atoms with Crippen LogP contribution in [0.2, 0.25) is 0 Å². The SMILES string of the molecule is ClCc1ccnc(Oc2ncn(-c3ccccc3)n2)c1. The van der Waals surface area contributed by atoms with Crippen LogP contribution in [0, 0.1) is 0 Å². The Morgan fingerprint density at radius 1 is 1.10 bits per heavy atom. The van der Waals surface area contributed by atoms with Crippen molar-refractivity contribution >= 4 is 11.6 Å². The molecule has 2 heterocycles. The van der Waals surface area contributed by atoms with Gasteiger partial charge in [-0.2, -0.15) is 4.98 Å². The highest BCUT2D eigenvalue weighted by Gasteiger charge is 2.06. The van der Waals surface area contributed by atoms with Crippen molar-refractivity contribution < 1.29 is 4.74 Å². The number of halogens is 1. The van der Waals surface area contributed by atoms with E-state index in [-0.39, 0.29) is 6.01 Å². The molecule has 0 aliphatic heterocycles. The number of nitrogens with zero attached hydrogens (tertiary/aromatic N) is 4. The number of hydrogen-bond acceptors (Lipinski definition) is 4. The normalized spacial score (nSPS) is 10.4. The lowest BCUT2D eigenvalue weighted by Crippen LogP contribution is -1.95. The molecule has 0 amide bonds. The van der Waals surface area contributed by atoms with Crippen molar-refractivity contribution in [3.63, 3.8) is 0 Å². The Morgan fingerprint density at radius 3 is 2.75 bits per heavy atom. The van der Waals surface area contributed by atoms with Crippen molar-refractivity contribution in [3.05, 3.63) is 60.6 Å². The highest BCUT2D eigenvalue weighted by atomic mass is 35.5. The second-order valence-electron chi connectivity index (χ2n) is 4.05. The highest BCUT2D eigenvalue weighted by molar-refractivity contribution is 6.17. The van der Waals surface area contributed by atoms with Gasteiger partial charge in [-0.3, -0.25) is 0 Å². The van der Waals surface area contributed by atoms with Crippen LogP contribution in [-0.2, 0) is 5.88 Å². The van der Waals surface area contributed by atoms with Crippen molar-refractivity contribution in [3.8, 4) is 17.6 Å². The van der Waals surface area contributed by atoms with Gasteiger partial charge in [0.1, 0.15) is 6.33 Å². The largest absolute Gasteiger partial charge is 0.404 e. The van der Waals surface area contributed by atoms with E-state index in [2.05, 4.69) is 15.1 Å². The standard InChI is InChI=1S/C14H11ClN4O/c15-9-11-6-7-16-13(8-11)20-14-17-10-19(18-14)12-4-2-1-3-5-12/h1-8,10H,9H2. The summed E-state index contributed by atoms with van der Waals surface area (Å²) in [5.41, 5.74) is 1.84. The molecule has 3 rings (SSSR count). The summed E-state index contributed by atoms with van der Waals surface area (Å²) in [6.07, 6.45) is 3.23. The lowest BCUT2D eigenvalue weighted by atomic mass is 10.3. The van der Waals surface area contributed by atoms with Crippen molar-refractivity contribution in [1.29, 1.82) is 0 Å². The maximum Gasteiger partial charge on any atom is 0.342 e. The zero-order valence-corrected chi connectivity index (χ0v) is 11.2. The average Bonchev–Trinajstić information content (AvgIpc) is 2.97. The van der Waals surface area contributed by atoms with Crippen LogP contribution in [0.4, 0.5) is 0 Å². The summed E-state index contributed by atoms with van der Waals surface area (Å²) in [6.45, 7) is 0. The molecule has 2 aromatic heterocycles. The molecule has 0 saturated carbocycles. The number of aromatic nitrogens is 4. The molecule has 0 saturated heterocycles. The van der Waals surface area contributed by atoms with Gasteiger partial charge >= 0.3 is 6.01 Å². The fourth-order valence-corrected chi connectivity index (χ4v) is 1.85. The van der Waals surface area contributed by atoms with Gasteiger partial charge in [-0.05, 0) is 23.8 Å². The highest BCUT2D eigenvalue weighted by Crippen LogP contribution is 2.17. The molecule has 0 bridgehead atoms. The lowest BCUT2D eigenvalue weighted by molar-refractivity contribution is 0.424. The molecule has 0 atom stereocenters. The number of hydrogen-bond donors (Lipinski definition) is 0. The van der Waals surface area contributed by atoms with Crippen LogP contribution >= 0.6 is 11.6 Å². The molecular weight excluding hydrogens is 276 g/mol. The molecule has 6 heteroatoms. The number of alkyl halides is 1. The second-order valence-corrected chi connectivity index (χ2v) is 4.31. The number of benzene rings is 1. The van der Waals surface area contributed by atoms with Crippen LogP contribution in [-0.4, -0.2) is 19.7 Å². The molecule has 0 aliphatic rings.